The second-order valence-electron chi connectivity index (χ2n) is 6.12. The molecule has 0 spiro atoms. The molecule has 3 rings (SSSR count). The molecule has 1 amide bonds. The summed E-state index contributed by atoms with van der Waals surface area (Å²) < 4.78 is 36.9. The van der Waals surface area contributed by atoms with Crippen molar-refractivity contribution in [1.29, 1.82) is 0 Å². The second-order valence-corrected chi connectivity index (χ2v) is 8.27. The van der Waals surface area contributed by atoms with Gasteiger partial charge in [0.2, 0.25) is 16.1 Å². The highest BCUT2D eigenvalue weighted by Gasteiger charge is 2.28. The Morgan fingerprint density at radius 1 is 1.15 bits per heavy atom. The maximum Gasteiger partial charge on any atom is 0.269 e. The first-order valence-electron chi connectivity index (χ1n) is 8.01. The van der Waals surface area contributed by atoms with Crippen molar-refractivity contribution in [3.63, 3.8) is 0 Å². The number of amides is 1. The Hall–Kier alpha value is -2.58. The fraction of sp³-hybridized carbons (Fsp3) is 0.278. The molecule has 1 aliphatic rings. The van der Waals surface area contributed by atoms with Gasteiger partial charge in [0.15, 0.2) is 11.5 Å². The number of fused-ring (bicyclic) bond motifs is 1. The monoisotopic (exact) mass is 376 g/mol. The van der Waals surface area contributed by atoms with E-state index in [-0.39, 0.29) is 11.5 Å². The average molecular weight is 376 g/mol. The van der Waals surface area contributed by atoms with E-state index in [1.807, 2.05) is 6.07 Å². The minimum Gasteiger partial charge on any atom is -0.485 e. The lowest BCUT2D eigenvalue weighted by atomic mass is 10.2. The third-order valence-electron chi connectivity index (χ3n) is 4.05. The Balaban J connectivity index is 1.80. The molecule has 0 aromatic heterocycles. The zero-order valence-corrected chi connectivity index (χ0v) is 15.5. The highest BCUT2D eigenvalue weighted by molar-refractivity contribution is 7.89. The van der Waals surface area contributed by atoms with E-state index >= 15 is 0 Å². The number of aryl methyl sites for hydroxylation is 1. The Labute approximate surface area is 152 Å². The van der Waals surface area contributed by atoms with E-state index in [9.17, 15) is 13.2 Å². The summed E-state index contributed by atoms with van der Waals surface area (Å²) in [6.07, 6.45) is -0.821. The predicted molar refractivity (Wildman–Crippen MR) is 97.0 cm³/mol. The van der Waals surface area contributed by atoms with Crippen LogP contribution in [-0.4, -0.2) is 45.4 Å². The Bertz CT molecular complexity index is 940. The van der Waals surface area contributed by atoms with E-state index in [0.717, 1.165) is 9.87 Å². The van der Waals surface area contributed by atoms with Crippen molar-refractivity contribution >= 4 is 21.6 Å². The molecule has 1 N–H and O–H groups in total. The summed E-state index contributed by atoms with van der Waals surface area (Å²) in [7, 11) is -0.678. The van der Waals surface area contributed by atoms with Gasteiger partial charge in [-0.1, -0.05) is 18.2 Å². The van der Waals surface area contributed by atoms with Gasteiger partial charge in [0.25, 0.3) is 5.91 Å². The van der Waals surface area contributed by atoms with Crippen molar-refractivity contribution in [3.8, 4) is 11.5 Å². The fourth-order valence-corrected chi connectivity index (χ4v) is 3.40. The van der Waals surface area contributed by atoms with Gasteiger partial charge < -0.3 is 14.8 Å². The first-order valence-corrected chi connectivity index (χ1v) is 9.45. The molecule has 0 unspecified atom stereocenters. The Morgan fingerprint density at radius 2 is 1.85 bits per heavy atom. The predicted octanol–water partition coefficient (Wildman–Crippen LogP) is 2.02. The topological polar surface area (TPSA) is 84.9 Å². The largest absolute Gasteiger partial charge is 0.485 e. The summed E-state index contributed by atoms with van der Waals surface area (Å²) in [4.78, 5) is 12.7. The number of sulfonamides is 1. The van der Waals surface area contributed by atoms with Crippen LogP contribution >= 0.6 is 0 Å². The summed E-state index contributed by atoms with van der Waals surface area (Å²) in [6.45, 7) is 1.87. The average Bonchev–Trinajstić information content (AvgIpc) is 2.62. The maximum absolute atomic E-state index is 12.5. The van der Waals surface area contributed by atoms with Crippen molar-refractivity contribution in [2.24, 2.45) is 0 Å². The van der Waals surface area contributed by atoms with Crippen molar-refractivity contribution < 1.29 is 22.7 Å². The molecule has 0 saturated heterocycles. The Kier molecular flexibility index (Phi) is 4.88. The van der Waals surface area contributed by atoms with Crippen LogP contribution in [0.4, 0.5) is 5.69 Å². The number of hydrogen-bond donors (Lipinski definition) is 1. The van der Waals surface area contributed by atoms with Gasteiger partial charge in [-0.05, 0) is 36.8 Å². The minimum atomic E-state index is -3.59. The van der Waals surface area contributed by atoms with Crippen LogP contribution < -0.4 is 14.8 Å². The van der Waals surface area contributed by atoms with Gasteiger partial charge in [-0.2, -0.15) is 0 Å². The highest BCUT2D eigenvalue weighted by atomic mass is 32.2. The molecule has 0 radical (unpaired) electrons. The second kappa shape index (κ2) is 6.97. The first kappa shape index (κ1) is 18.2. The zero-order chi connectivity index (χ0) is 18.9. The van der Waals surface area contributed by atoms with Gasteiger partial charge in [-0.15, -0.1) is 0 Å². The Morgan fingerprint density at radius 3 is 2.54 bits per heavy atom. The molecule has 138 valence electrons. The van der Waals surface area contributed by atoms with Gasteiger partial charge in [-0.3, -0.25) is 4.79 Å². The summed E-state index contributed by atoms with van der Waals surface area (Å²) in [5.41, 5.74) is 1.16. The normalized spacial score (nSPS) is 16.4. The van der Waals surface area contributed by atoms with Crippen molar-refractivity contribution in [1.82, 2.24) is 4.31 Å². The lowest BCUT2D eigenvalue weighted by Gasteiger charge is -2.25. The summed E-state index contributed by atoms with van der Waals surface area (Å²) in [5.74, 6) is 0.688. The third-order valence-corrected chi connectivity index (χ3v) is 5.86. The molecule has 0 bridgehead atoms. The number of ether oxygens (including phenoxy) is 2. The SMILES string of the molecule is Cc1ccc(S(=O)(=O)N(C)C)cc1NC(=O)[C@H]1COc2ccccc2O1. The van der Waals surface area contributed by atoms with Crippen LogP contribution in [-0.2, 0) is 14.8 Å². The lowest BCUT2D eigenvalue weighted by Crippen LogP contribution is -2.40. The smallest absolute Gasteiger partial charge is 0.269 e. The van der Waals surface area contributed by atoms with Crippen LogP contribution in [0.1, 0.15) is 5.56 Å². The third kappa shape index (κ3) is 3.51. The van der Waals surface area contributed by atoms with E-state index < -0.39 is 22.0 Å². The molecule has 1 aliphatic heterocycles. The van der Waals surface area contributed by atoms with E-state index in [4.69, 9.17) is 9.47 Å². The maximum atomic E-state index is 12.5. The van der Waals surface area contributed by atoms with Crippen molar-refractivity contribution in [2.45, 2.75) is 17.9 Å². The van der Waals surface area contributed by atoms with Crippen molar-refractivity contribution in [3.05, 3.63) is 48.0 Å². The highest BCUT2D eigenvalue weighted by Crippen LogP contribution is 2.31. The quantitative estimate of drug-likeness (QED) is 0.882. The van der Waals surface area contributed by atoms with Gasteiger partial charge >= 0.3 is 0 Å². The molecule has 2 aromatic carbocycles. The molecule has 7 nitrogen and oxygen atoms in total. The van der Waals surface area contributed by atoms with E-state index in [2.05, 4.69) is 5.32 Å². The number of nitrogens with zero attached hydrogens (tertiary/aromatic N) is 1. The number of carbonyl (C=O) groups is 1. The first-order chi connectivity index (χ1) is 12.3. The zero-order valence-electron chi connectivity index (χ0n) is 14.7. The van der Waals surface area contributed by atoms with E-state index in [1.54, 1.807) is 31.2 Å². The van der Waals surface area contributed by atoms with Gasteiger partial charge in [0.05, 0.1) is 4.90 Å². The van der Waals surface area contributed by atoms with Crippen LogP contribution in [0.25, 0.3) is 0 Å². The molecule has 1 atom stereocenters. The molecule has 0 fully saturated rings. The number of nitrogens with one attached hydrogen (secondary N) is 1. The van der Waals surface area contributed by atoms with Crippen molar-refractivity contribution in [2.75, 3.05) is 26.0 Å². The molecule has 1 heterocycles. The molecule has 8 heteroatoms. The summed E-state index contributed by atoms with van der Waals surface area (Å²) >= 11 is 0. The number of hydrogen-bond acceptors (Lipinski definition) is 5. The standard InChI is InChI=1S/C18H20N2O5S/c1-12-8-9-13(26(22,23)20(2)3)10-14(12)19-18(21)17-11-24-15-6-4-5-7-16(15)25-17/h4-10,17H,11H2,1-3H3,(H,19,21)/t17-/m1/s1. The van der Waals surface area contributed by atoms with Gasteiger partial charge in [-0.25, -0.2) is 12.7 Å². The van der Waals surface area contributed by atoms with Crippen LogP contribution in [0, 0.1) is 6.92 Å². The number of benzene rings is 2. The summed E-state index contributed by atoms with van der Waals surface area (Å²) in [5, 5.41) is 2.74. The number of anilines is 1. The summed E-state index contributed by atoms with van der Waals surface area (Å²) in [6, 6.07) is 11.7. The van der Waals surface area contributed by atoms with Crippen LogP contribution in [0.3, 0.4) is 0 Å². The van der Waals surface area contributed by atoms with Crippen LogP contribution in [0.2, 0.25) is 0 Å². The molecule has 0 saturated carbocycles. The van der Waals surface area contributed by atoms with E-state index in [1.165, 1.54) is 26.2 Å². The van der Waals surface area contributed by atoms with Gasteiger partial charge in [0.1, 0.15) is 6.61 Å². The number of para-hydroxylation sites is 2. The van der Waals surface area contributed by atoms with E-state index in [0.29, 0.717) is 17.2 Å². The fourth-order valence-electron chi connectivity index (χ4n) is 2.47. The van der Waals surface area contributed by atoms with Crippen LogP contribution in [0.15, 0.2) is 47.4 Å². The number of rotatable bonds is 4. The minimum absolute atomic E-state index is 0.0809. The van der Waals surface area contributed by atoms with Crippen LogP contribution in [0.5, 0.6) is 11.5 Å². The molecule has 2 aromatic rings. The lowest BCUT2D eigenvalue weighted by molar-refractivity contribution is -0.125. The molecular formula is C18H20N2O5S. The van der Waals surface area contributed by atoms with Gasteiger partial charge in [0, 0.05) is 19.8 Å². The number of carbonyl (C=O) groups excluding carboxylic acids is 1. The molecular weight excluding hydrogens is 356 g/mol. The molecule has 26 heavy (non-hydrogen) atoms. The molecule has 0 aliphatic carbocycles.